The maximum Gasteiger partial charge on any atom is 0.357 e. The number of esters is 1. The van der Waals surface area contributed by atoms with Gasteiger partial charge in [0.15, 0.2) is 11.5 Å². The molecule has 3 rings (SSSR count). The van der Waals surface area contributed by atoms with Gasteiger partial charge in [0.1, 0.15) is 11.6 Å². The van der Waals surface area contributed by atoms with Crippen molar-refractivity contribution in [3.05, 3.63) is 71.8 Å². The molecule has 2 heterocycles. The van der Waals surface area contributed by atoms with Crippen molar-refractivity contribution in [3.63, 3.8) is 0 Å². The average Bonchev–Trinajstić information content (AvgIpc) is 3.07. The van der Waals surface area contributed by atoms with Crippen LogP contribution in [0.3, 0.4) is 0 Å². The number of nitrogens with zero attached hydrogens (tertiary/aromatic N) is 3. The summed E-state index contributed by atoms with van der Waals surface area (Å²) in [6.07, 6.45) is 1.62. The quantitative estimate of drug-likeness (QED) is 0.698. The second-order valence-corrected chi connectivity index (χ2v) is 5.22. The summed E-state index contributed by atoms with van der Waals surface area (Å²) in [5.41, 5.74) is 1.17. The number of carbonyl (C=O) groups excluding carboxylic acids is 1. The molecule has 2 aromatic heterocycles. The molecule has 0 saturated heterocycles. The van der Waals surface area contributed by atoms with Crippen molar-refractivity contribution in [2.45, 2.75) is 13.5 Å². The minimum absolute atomic E-state index is 0.268. The van der Waals surface area contributed by atoms with Crippen LogP contribution >= 0.6 is 0 Å². The molecule has 0 atom stereocenters. The van der Waals surface area contributed by atoms with Crippen molar-refractivity contribution in [1.82, 2.24) is 14.8 Å². The first-order valence-electron chi connectivity index (χ1n) is 7.84. The standard InChI is InChI=1S/C18H17FN4O2/c1-2-25-18(24)15-11-16(21-12-13-6-8-14(19)9-7-13)22-23(15)17-5-3-4-10-20-17/h3-11H,2,12H2,1H3,(H,21,22). The Hall–Kier alpha value is -3.22. The Morgan fingerprint density at radius 3 is 2.72 bits per heavy atom. The van der Waals surface area contributed by atoms with Gasteiger partial charge in [0.25, 0.3) is 0 Å². The van der Waals surface area contributed by atoms with Crippen molar-refractivity contribution >= 4 is 11.8 Å². The van der Waals surface area contributed by atoms with Gasteiger partial charge in [0.2, 0.25) is 0 Å². The highest BCUT2D eigenvalue weighted by molar-refractivity contribution is 5.89. The summed E-state index contributed by atoms with van der Waals surface area (Å²) in [6.45, 7) is 2.46. The number of carbonyl (C=O) groups is 1. The molecule has 6 nitrogen and oxygen atoms in total. The molecule has 0 aliphatic rings. The van der Waals surface area contributed by atoms with Crippen molar-refractivity contribution in [2.75, 3.05) is 11.9 Å². The topological polar surface area (TPSA) is 69.0 Å². The van der Waals surface area contributed by atoms with Gasteiger partial charge in [-0.2, -0.15) is 0 Å². The number of pyridine rings is 1. The molecule has 1 aromatic carbocycles. The number of rotatable bonds is 6. The maximum atomic E-state index is 13.0. The van der Waals surface area contributed by atoms with E-state index >= 15 is 0 Å². The fourth-order valence-corrected chi connectivity index (χ4v) is 2.27. The minimum Gasteiger partial charge on any atom is -0.461 e. The van der Waals surface area contributed by atoms with Crippen molar-refractivity contribution in [1.29, 1.82) is 0 Å². The van der Waals surface area contributed by atoms with Gasteiger partial charge in [-0.05, 0) is 36.8 Å². The number of nitrogens with one attached hydrogen (secondary N) is 1. The minimum atomic E-state index is -0.476. The van der Waals surface area contributed by atoms with E-state index in [1.807, 2.05) is 6.07 Å². The van der Waals surface area contributed by atoms with Gasteiger partial charge in [-0.3, -0.25) is 0 Å². The smallest absolute Gasteiger partial charge is 0.357 e. The zero-order chi connectivity index (χ0) is 17.6. The summed E-state index contributed by atoms with van der Waals surface area (Å²) in [5.74, 6) is 0.252. The fourth-order valence-electron chi connectivity index (χ4n) is 2.27. The molecule has 7 heteroatoms. The Labute approximate surface area is 144 Å². The summed E-state index contributed by atoms with van der Waals surface area (Å²) in [7, 11) is 0. The van der Waals surface area contributed by atoms with Crippen LogP contribution in [0.2, 0.25) is 0 Å². The number of hydrogen-bond acceptors (Lipinski definition) is 5. The Morgan fingerprint density at radius 1 is 1.24 bits per heavy atom. The molecular formula is C18H17FN4O2. The van der Waals surface area contributed by atoms with E-state index in [0.717, 1.165) is 5.56 Å². The molecule has 0 unspecified atom stereocenters. The highest BCUT2D eigenvalue weighted by Crippen LogP contribution is 2.16. The molecule has 128 valence electrons. The van der Waals surface area contributed by atoms with E-state index in [-0.39, 0.29) is 18.1 Å². The molecule has 3 aromatic rings. The summed E-state index contributed by atoms with van der Waals surface area (Å²) < 4.78 is 19.5. The first kappa shape index (κ1) is 16.6. The average molecular weight is 340 g/mol. The van der Waals surface area contributed by atoms with Gasteiger partial charge in [0.05, 0.1) is 6.61 Å². The second kappa shape index (κ2) is 7.57. The first-order chi connectivity index (χ1) is 12.2. The lowest BCUT2D eigenvalue weighted by Crippen LogP contribution is -2.12. The third-order valence-corrected chi connectivity index (χ3v) is 3.45. The van der Waals surface area contributed by atoms with E-state index in [0.29, 0.717) is 18.2 Å². The molecule has 0 aliphatic carbocycles. The fraction of sp³-hybridized carbons (Fsp3) is 0.167. The van der Waals surface area contributed by atoms with Gasteiger partial charge in [-0.1, -0.05) is 18.2 Å². The van der Waals surface area contributed by atoms with Crippen molar-refractivity contribution in [3.8, 4) is 5.82 Å². The van der Waals surface area contributed by atoms with Crippen LogP contribution in [0, 0.1) is 5.82 Å². The third-order valence-electron chi connectivity index (χ3n) is 3.45. The largest absolute Gasteiger partial charge is 0.461 e. The third kappa shape index (κ3) is 4.00. The van der Waals surface area contributed by atoms with Crippen LogP contribution < -0.4 is 5.32 Å². The summed E-state index contributed by atoms with van der Waals surface area (Å²) >= 11 is 0. The SMILES string of the molecule is CCOC(=O)c1cc(NCc2ccc(F)cc2)nn1-c1ccccn1. The van der Waals surface area contributed by atoms with E-state index in [1.165, 1.54) is 16.8 Å². The lowest BCUT2D eigenvalue weighted by atomic mass is 10.2. The van der Waals surface area contributed by atoms with Crippen molar-refractivity contribution < 1.29 is 13.9 Å². The maximum absolute atomic E-state index is 13.0. The number of anilines is 1. The molecule has 0 spiro atoms. The lowest BCUT2D eigenvalue weighted by molar-refractivity contribution is 0.0515. The van der Waals surface area contributed by atoms with Crippen LogP contribution in [-0.4, -0.2) is 27.3 Å². The molecule has 0 aliphatic heterocycles. The van der Waals surface area contributed by atoms with Gasteiger partial charge in [-0.25, -0.2) is 18.9 Å². The van der Waals surface area contributed by atoms with Crippen LogP contribution in [-0.2, 0) is 11.3 Å². The van der Waals surface area contributed by atoms with Gasteiger partial charge in [0, 0.05) is 18.8 Å². The van der Waals surface area contributed by atoms with Crippen molar-refractivity contribution in [2.24, 2.45) is 0 Å². The number of aromatic nitrogens is 3. The zero-order valence-corrected chi connectivity index (χ0v) is 13.6. The Morgan fingerprint density at radius 2 is 2.04 bits per heavy atom. The highest BCUT2D eigenvalue weighted by atomic mass is 19.1. The van der Waals surface area contributed by atoms with Gasteiger partial charge in [-0.15, -0.1) is 5.10 Å². The molecule has 0 radical (unpaired) electrons. The molecule has 0 saturated carbocycles. The predicted octanol–water partition coefficient (Wildman–Crippen LogP) is 3.20. The van der Waals surface area contributed by atoms with Crippen LogP contribution in [0.25, 0.3) is 5.82 Å². The summed E-state index contributed by atoms with van der Waals surface area (Å²) in [4.78, 5) is 16.4. The first-order valence-corrected chi connectivity index (χ1v) is 7.84. The summed E-state index contributed by atoms with van der Waals surface area (Å²) in [6, 6.07) is 13.1. The predicted molar refractivity (Wildman–Crippen MR) is 91.0 cm³/mol. The number of hydrogen-bond donors (Lipinski definition) is 1. The summed E-state index contributed by atoms with van der Waals surface area (Å²) in [5, 5.41) is 7.50. The molecule has 25 heavy (non-hydrogen) atoms. The van der Waals surface area contributed by atoms with E-state index in [1.54, 1.807) is 43.5 Å². The molecule has 0 fully saturated rings. The monoisotopic (exact) mass is 340 g/mol. The molecule has 1 N–H and O–H groups in total. The number of halogens is 1. The Kier molecular flexibility index (Phi) is 5.03. The van der Waals surface area contributed by atoms with E-state index in [9.17, 15) is 9.18 Å². The normalized spacial score (nSPS) is 10.5. The second-order valence-electron chi connectivity index (χ2n) is 5.22. The van der Waals surface area contributed by atoms with E-state index in [2.05, 4.69) is 15.4 Å². The van der Waals surface area contributed by atoms with Gasteiger partial charge >= 0.3 is 5.97 Å². The molecular weight excluding hydrogens is 323 g/mol. The Bertz CT molecular complexity index is 847. The van der Waals surface area contributed by atoms with Crippen LogP contribution in [0.15, 0.2) is 54.7 Å². The zero-order valence-electron chi connectivity index (χ0n) is 13.6. The Balaban J connectivity index is 1.85. The lowest BCUT2D eigenvalue weighted by Gasteiger charge is -2.05. The number of ether oxygens (including phenoxy) is 1. The van der Waals surface area contributed by atoms with Gasteiger partial charge < -0.3 is 10.1 Å². The van der Waals surface area contributed by atoms with E-state index < -0.39 is 5.97 Å². The van der Waals surface area contributed by atoms with Crippen LogP contribution in [0.4, 0.5) is 10.2 Å². The molecule has 0 bridgehead atoms. The van der Waals surface area contributed by atoms with Crippen LogP contribution in [0.5, 0.6) is 0 Å². The number of benzene rings is 1. The highest BCUT2D eigenvalue weighted by Gasteiger charge is 2.18. The van der Waals surface area contributed by atoms with E-state index in [4.69, 9.17) is 4.74 Å². The van der Waals surface area contributed by atoms with Crippen LogP contribution in [0.1, 0.15) is 23.0 Å². The molecule has 0 amide bonds.